The van der Waals surface area contributed by atoms with Crippen LogP contribution in [0.5, 0.6) is 0 Å². The van der Waals surface area contributed by atoms with E-state index in [9.17, 15) is 18.3 Å². The molecule has 2 rings (SSSR count). The summed E-state index contributed by atoms with van der Waals surface area (Å²) in [6.45, 7) is 1.56. The van der Waals surface area contributed by atoms with Gasteiger partial charge in [-0.15, -0.1) is 0 Å². The van der Waals surface area contributed by atoms with E-state index in [4.69, 9.17) is 0 Å². The lowest BCUT2D eigenvalue weighted by Crippen LogP contribution is -2.39. The maximum atomic E-state index is 12.1. The van der Waals surface area contributed by atoms with Crippen LogP contribution >= 0.6 is 11.3 Å². The average Bonchev–Trinajstić information content (AvgIpc) is 2.58. The van der Waals surface area contributed by atoms with Crippen LogP contribution in [0.15, 0.2) is 9.00 Å². The van der Waals surface area contributed by atoms with E-state index in [2.05, 4.69) is 9.71 Å². The van der Waals surface area contributed by atoms with E-state index < -0.39 is 16.1 Å². The average molecular weight is 292 g/mol. The predicted octanol–water partition coefficient (Wildman–Crippen LogP) is 0.327. The van der Waals surface area contributed by atoms with Crippen molar-refractivity contribution in [3.05, 3.63) is 15.4 Å². The largest absolute Gasteiger partial charge is 0.393 e. The van der Waals surface area contributed by atoms with Crippen molar-refractivity contribution in [2.45, 2.75) is 49.0 Å². The minimum Gasteiger partial charge on any atom is -0.393 e. The Balaban J connectivity index is 2.17. The summed E-state index contributed by atoms with van der Waals surface area (Å²) in [6, 6.07) is -0.254. The van der Waals surface area contributed by atoms with Crippen LogP contribution in [-0.2, 0) is 10.0 Å². The van der Waals surface area contributed by atoms with Gasteiger partial charge in [-0.2, -0.15) is 0 Å². The smallest absolute Gasteiger partial charge is 0.305 e. The molecule has 0 bridgehead atoms. The van der Waals surface area contributed by atoms with E-state index in [1.807, 2.05) is 0 Å². The van der Waals surface area contributed by atoms with Crippen LogP contribution < -0.4 is 9.60 Å². The van der Waals surface area contributed by atoms with Crippen molar-refractivity contribution in [1.29, 1.82) is 0 Å². The molecule has 1 heterocycles. The minimum absolute atomic E-state index is 0.0348. The lowest BCUT2D eigenvalue weighted by Gasteiger charge is -2.26. The number of sulfonamides is 1. The second kappa shape index (κ2) is 5.12. The van der Waals surface area contributed by atoms with Crippen molar-refractivity contribution in [3.8, 4) is 0 Å². The zero-order valence-corrected chi connectivity index (χ0v) is 11.6. The Morgan fingerprint density at radius 3 is 2.72 bits per heavy atom. The Labute approximate surface area is 109 Å². The highest BCUT2D eigenvalue weighted by Gasteiger charge is 2.27. The minimum atomic E-state index is -3.67. The van der Waals surface area contributed by atoms with Gasteiger partial charge in [0.15, 0.2) is 4.21 Å². The molecule has 2 atom stereocenters. The van der Waals surface area contributed by atoms with Crippen molar-refractivity contribution >= 4 is 21.4 Å². The molecule has 0 spiro atoms. The second-order valence-electron chi connectivity index (χ2n) is 4.57. The summed E-state index contributed by atoms with van der Waals surface area (Å²) in [5.41, 5.74) is 0.355. The number of aliphatic hydroxyl groups is 1. The Bertz CT molecular complexity index is 575. The van der Waals surface area contributed by atoms with Crippen molar-refractivity contribution < 1.29 is 13.5 Å². The number of thiazole rings is 1. The van der Waals surface area contributed by atoms with Gasteiger partial charge in [-0.25, -0.2) is 13.1 Å². The summed E-state index contributed by atoms with van der Waals surface area (Å²) in [6.07, 6.45) is 2.22. The Morgan fingerprint density at radius 1 is 1.44 bits per heavy atom. The first-order valence-corrected chi connectivity index (χ1v) is 8.08. The number of aryl methyl sites for hydroxylation is 1. The summed E-state index contributed by atoms with van der Waals surface area (Å²) in [4.78, 5) is 13.2. The molecule has 3 N–H and O–H groups in total. The van der Waals surface area contributed by atoms with Crippen molar-refractivity contribution in [1.82, 2.24) is 9.71 Å². The molecule has 2 unspecified atom stereocenters. The van der Waals surface area contributed by atoms with E-state index >= 15 is 0 Å². The number of aliphatic hydroxyl groups excluding tert-OH is 1. The van der Waals surface area contributed by atoms with Gasteiger partial charge >= 0.3 is 4.87 Å². The monoisotopic (exact) mass is 292 g/mol. The number of nitrogens with one attached hydrogen (secondary N) is 2. The molecule has 0 amide bonds. The predicted molar refractivity (Wildman–Crippen MR) is 68.3 cm³/mol. The fraction of sp³-hybridized carbons (Fsp3) is 0.700. The number of hydrogen-bond acceptors (Lipinski definition) is 5. The van der Waals surface area contributed by atoms with Gasteiger partial charge in [0.1, 0.15) is 0 Å². The first-order valence-electron chi connectivity index (χ1n) is 5.78. The topological polar surface area (TPSA) is 99.3 Å². The van der Waals surface area contributed by atoms with E-state index in [0.717, 1.165) is 12.8 Å². The lowest BCUT2D eigenvalue weighted by molar-refractivity contribution is 0.117. The molecule has 1 aliphatic carbocycles. The highest BCUT2D eigenvalue weighted by Crippen LogP contribution is 2.22. The second-order valence-corrected chi connectivity index (χ2v) is 7.46. The highest BCUT2D eigenvalue weighted by atomic mass is 32.2. The number of aromatic amines is 1. The molecule has 1 aliphatic rings. The third-order valence-electron chi connectivity index (χ3n) is 2.99. The standard InChI is InChI=1S/C10H16N2O4S2/c1-6-9(17-10(14)11-6)18(15,16)12-7-3-2-4-8(13)5-7/h7-8,12-13H,2-5H2,1H3,(H,11,14). The lowest BCUT2D eigenvalue weighted by atomic mass is 9.94. The normalized spacial score (nSPS) is 25.2. The third kappa shape index (κ3) is 3.00. The number of rotatable bonds is 3. The summed E-state index contributed by atoms with van der Waals surface area (Å²) in [7, 11) is -3.67. The van der Waals surface area contributed by atoms with Gasteiger partial charge in [0, 0.05) is 11.7 Å². The fourth-order valence-corrected chi connectivity index (χ4v) is 4.79. The molecule has 1 aromatic heterocycles. The zero-order valence-electron chi connectivity index (χ0n) is 9.97. The van der Waals surface area contributed by atoms with Crippen LogP contribution in [0.2, 0.25) is 0 Å². The summed E-state index contributed by atoms with van der Waals surface area (Å²) >= 11 is 0.687. The van der Waals surface area contributed by atoms with Gasteiger partial charge < -0.3 is 10.1 Å². The molecule has 8 heteroatoms. The van der Waals surface area contributed by atoms with Gasteiger partial charge in [-0.1, -0.05) is 11.3 Å². The van der Waals surface area contributed by atoms with Crippen molar-refractivity contribution in [2.75, 3.05) is 0 Å². The van der Waals surface area contributed by atoms with E-state index in [0.29, 0.717) is 29.9 Å². The molecule has 1 aromatic rings. The van der Waals surface area contributed by atoms with Crippen molar-refractivity contribution in [2.24, 2.45) is 0 Å². The first-order chi connectivity index (χ1) is 8.38. The summed E-state index contributed by atoms with van der Waals surface area (Å²) in [5.74, 6) is 0. The molecule has 1 fully saturated rings. The van der Waals surface area contributed by atoms with Crippen LogP contribution in [0, 0.1) is 6.92 Å². The Hall–Kier alpha value is -0.700. The van der Waals surface area contributed by atoms with Crippen LogP contribution in [-0.4, -0.2) is 30.7 Å². The first kappa shape index (κ1) is 13.7. The van der Waals surface area contributed by atoms with Crippen LogP contribution in [0.1, 0.15) is 31.4 Å². The summed E-state index contributed by atoms with van der Waals surface area (Å²) in [5, 5.41) is 9.52. The molecule has 0 aliphatic heterocycles. The van der Waals surface area contributed by atoms with Crippen LogP contribution in [0.3, 0.4) is 0 Å². The number of aromatic nitrogens is 1. The molecule has 18 heavy (non-hydrogen) atoms. The number of H-pyrrole nitrogens is 1. The van der Waals surface area contributed by atoms with E-state index in [1.54, 1.807) is 6.92 Å². The molecule has 0 saturated heterocycles. The van der Waals surface area contributed by atoms with E-state index in [-0.39, 0.29) is 15.1 Å². The molecule has 0 aromatic carbocycles. The molecule has 102 valence electrons. The van der Waals surface area contributed by atoms with Crippen LogP contribution in [0.25, 0.3) is 0 Å². The quantitative estimate of drug-likeness (QED) is 0.747. The molecular formula is C10H16N2O4S2. The Morgan fingerprint density at radius 2 is 2.17 bits per heavy atom. The Kier molecular flexibility index (Phi) is 3.90. The molecular weight excluding hydrogens is 276 g/mol. The zero-order chi connectivity index (χ0) is 13.3. The molecule has 1 saturated carbocycles. The maximum Gasteiger partial charge on any atom is 0.305 e. The third-order valence-corrected chi connectivity index (χ3v) is 6.12. The van der Waals surface area contributed by atoms with Gasteiger partial charge in [0.25, 0.3) is 10.0 Å². The van der Waals surface area contributed by atoms with Gasteiger partial charge in [0.05, 0.1) is 6.10 Å². The fourth-order valence-electron chi connectivity index (χ4n) is 2.19. The van der Waals surface area contributed by atoms with Gasteiger partial charge in [-0.3, -0.25) is 4.79 Å². The van der Waals surface area contributed by atoms with E-state index in [1.165, 1.54) is 0 Å². The number of hydrogen-bond donors (Lipinski definition) is 3. The van der Waals surface area contributed by atoms with Crippen molar-refractivity contribution in [3.63, 3.8) is 0 Å². The maximum absolute atomic E-state index is 12.1. The summed E-state index contributed by atoms with van der Waals surface area (Å²) < 4.78 is 26.8. The molecule has 0 radical (unpaired) electrons. The van der Waals surface area contributed by atoms with Gasteiger partial charge in [-0.05, 0) is 32.6 Å². The SMILES string of the molecule is Cc1[nH]c(=O)sc1S(=O)(=O)NC1CCCC(O)C1. The van der Waals surface area contributed by atoms with Gasteiger partial charge in [0.2, 0.25) is 0 Å². The van der Waals surface area contributed by atoms with Crippen LogP contribution in [0.4, 0.5) is 0 Å². The molecule has 6 nitrogen and oxygen atoms in total. The highest BCUT2D eigenvalue weighted by molar-refractivity contribution is 7.91.